The lowest BCUT2D eigenvalue weighted by atomic mass is 10.0. The molecule has 2 aromatic heterocycles. The van der Waals surface area contributed by atoms with Gasteiger partial charge in [0, 0.05) is 28.0 Å². The number of nitrogens with one attached hydrogen (secondary N) is 2. The molecule has 3 aromatic carbocycles. The first-order chi connectivity index (χ1) is 18.7. The molecule has 9 heteroatoms. The number of anilines is 2. The second-order valence-electron chi connectivity index (χ2n) is 9.18. The first-order valence-corrected chi connectivity index (χ1v) is 14.0. The molecule has 0 saturated heterocycles. The standard InChI is InChI=1S/C30H27N5O3S/c1-4-21-9-11-22(12-10-21)28-18-26(25-7-5-6-8-27(25)34-28)29(36)33-23-13-15-24(16-14-23)39(37,38)35-30-31-19(2)17-20(3)32-30/h5-18H,4H2,1-3H3,(H,33,36)(H,31,32,35). The Morgan fingerprint density at radius 2 is 1.49 bits per heavy atom. The predicted molar refractivity (Wildman–Crippen MR) is 153 cm³/mol. The lowest BCUT2D eigenvalue weighted by Gasteiger charge is -2.12. The van der Waals surface area contributed by atoms with Gasteiger partial charge in [0.25, 0.3) is 15.9 Å². The number of sulfonamides is 1. The van der Waals surface area contributed by atoms with Crippen molar-refractivity contribution < 1.29 is 13.2 Å². The number of rotatable bonds is 7. The monoisotopic (exact) mass is 537 g/mol. The molecule has 1 amide bonds. The molecule has 196 valence electrons. The zero-order valence-corrected chi connectivity index (χ0v) is 22.6. The van der Waals surface area contributed by atoms with E-state index in [1.54, 1.807) is 38.1 Å². The third kappa shape index (κ3) is 5.78. The number of fused-ring (bicyclic) bond motifs is 1. The molecule has 5 aromatic rings. The zero-order valence-electron chi connectivity index (χ0n) is 21.8. The van der Waals surface area contributed by atoms with E-state index in [1.807, 2.05) is 36.4 Å². The maximum absolute atomic E-state index is 13.4. The predicted octanol–water partition coefficient (Wildman–Crippen LogP) is 5.92. The Balaban J connectivity index is 1.40. The summed E-state index contributed by atoms with van der Waals surface area (Å²) in [7, 11) is -3.91. The Labute approximate surface area is 227 Å². The Kier molecular flexibility index (Phi) is 7.08. The van der Waals surface area contributed by atoms with Crippen LogP contribution >= 0.6 is 0 Å². The summed E-state index contributed by atoms with van der Waals surface area (Å²) >= 11 is 0. The average molecular weight is 538 g/mol. The second-order valence-corrected chi connectivity index (χ2v) is 10.9. The van der Waals surface area contributed by atoms with Crippen molar-refractivity contribution in [2.24, 2.45) is 0 Å². The third-order valence-electron chi connectivity index (χ3n) is 6.25. The molecule has 2 heterocycles. The maximum atomic E-state index is 13.4. The Morgan fingerprint density at radius 3 is 2.15 bits per heavy atom. The molecule has 0 spiro atoms. The van der Waals surface area contributed by atoms with E-state index in [0.717, 1.165) is 17.4 Å². The van der Waals surface area contributed by atoms with Gasteiger partial charge in [-0.1, -0.05) is 49.4 Å². The molecule has 0 fully saturated rings. The lowest BCUT2D eigenvalue weighted by molar-refractivity contribution is 0.102. The molecule has 2 N–H and O–H groups in total. The summed E-state index contributed by atoms with van der Waals surface area (Å²) in [5.74, 6) is -0.313. The van der Waals surface area contributed by atoms with Crippen LogP contribution in [0.4, 0.5) is 11.6 Å². The SMILES string of the molecule is CCc1ccc(-c2cc(C(=O)Nc3ccc(S(=O)(=O)Nc4nc(C)cc(C)n4)cc3)c3ccccc3n2)cc1. The van der Waals surface area contributed by atoms with Gasteiger partial charge in [-0.3, -0.25) is 4.79 Å². The average Bonchev–Trinajstić information content (AvgIpc) is 2.92. The van der Waals surface area contributed by atoms with Crippen molar-refractivity contribution in [1.29, 1.82) is 0 Å². The third-order valence-corrected chi connectivity index (χ3v) is 7.59. The van der Waals surface area contributed by atoms with Crippen LogP contribution < -0.4 is 10.0 Å². The van der Waals surface area contributed by atoms with Crippen LogP contribution in [0.1, 0.15) is 34.2 Å². The maximum Gasteiger partial charge on any atom is 0.264 e. The summed E-state index contributed by atoms with van der Waals surface area (Å²) < 4.78 is 28.1. The highest BCUT2D eigenvalue weighted by molar-refractivity contribution is 7.92. The van der Waals surface area contributed by atoms with Gasteiger partial charge in [0.15, 0.2) is 0 Å². The molecule has 5 rings (SSSR count). The van der Waals surface area contributed by atoms with Crippen LogP contribution in [0, 0.1) is 13.8 Å². The first-order valence-electron chi connectivity index (χ1n) is 12.5. The molecule has 0 aliphatic rings. The molecule has 0 bridgehead atoms. The van der Waals surface area contributed by atoms with E-state index in [4.69, 9.17) is 4.98 Å². The number of amides is 1. The first kappa shape index (κ1) is 26.0. The fourth-order valence-corrected chi connectivity index (χ4v) is 5.23. The van der Waals surface area contributed by atoms with E-state index in [1.165, 1.54) is 17.7 Å². The highest BCUT2D eigenvalue weighted by atomic mass is 32.2. The van der Waals surface area contributed by atoms with Crippen molar-refractivity contribution in [3.63, 3.8) is 0 Å². The van der Waals surface area contributed by atoms with Crippen molar-refractivity contribution in [2.75, 3.05) is 10.0 Å². The number of hydrogen-bond donors (Lipinski definition) is 2. The number of carbonyl (C=O) groups excluding carboxylic acids is 1. The van der Waals surface area contributed by atoms with E-state index in [0.29, 0.717) is 33.8 Å². The molecule has 8 nitrogen and oxygen atoms in total. The van der Waals surface area contributed by atoms with Crippen molar-refractivity contribution >= 4 is 38.5 Å². The van der Waals surface area contributed by atoms with Gasteiger partial charge in [-0.25, -0.2) is 28.1 Å². The summed E-state index contributed by atoms with van der Waals surface area (Å²) in [6.07, 6.45) is 0.939. The summed E-state index contributed by atoms with van der Waals surface area (Å²) in [5, 5.41) is 3.61. The van der Waals surface area contributed by atoms with Gasteiger partial charge < -0.3 is 5.32 Å². The molecule has 39 heavy (non-hydrogen) atoms. The minimum atomic E-state index is -3.91. The molecule has 0 aliphatic heterocycles. The van der Waals surface area contributed by atoms with Gasteiger partial charge in [0.2, 0.25) is 5.95 Å². The Hall–Kier alpha value is -4.63. The minimum absolute atomic E-state index is 0.00887. The smallest absolute Gasteiger partial charge is 0.264 e. The normalized spacial score (nSPS) is 11.4. The van der Waals surface area contributed by atoms with E-state index >= 15 is 0 Å². The van der Waals surface area contributed by atoms with E-state index in [9.17, 15) is 13.2 Å². The molecular weight excluding hydrogens is 510 g/mol. The number of hydrogen-bond acceptors (Lipinski definition) is 6. The van der Waals surface area contributed by atoms with Gasteiger partial charge in [-0.15, -0.1) is 0 Å². The van der Waals surface area contributed by atoms with Gasteiger partial charge in [0.05, 0.1) is 21.7 Å². The van der Waals surface area contributed by atoms with Gasteiger partial charge in [-0.2, -0.15) is 0 Å². The van der Waals surface area contributed by atoms with Crippen LogP contribution in [0.2, 0.25) is 0 Å². The number of pyridine rings is 1. The number of nitrogens with zero attached hydrogens (tertiary/aromatic N) is 3. The topological polar surface area (TPSA) is 114 Å². The van der Waals surface area contributed by atoms with E-state index in [-0.39, 0.29) is 16.8 Å². The highest BCUT2D eigenvalue weighted by Crippen LogP contribution is 2.26. The molecule has 0 atom stereocenters. The lowest BCUT2D eigenvalue weighted by Crippen LogP contribution is -2.16. The number of aryl methyl sites for hydroxylation is 3. The summed E-state index contributed by atoms with van der Waals surface area (Å²) in [6, 6.07) is 25.1. The molecule has 0 saturated carbocycles. The Bertz CT molecular complexity index is 1760. The van der Waals surface area contributed by atoms with Crippen molar-refractivity contribution in [3.05, 3.63) is 107 Å². The van der Waals surface area contributed by atoms with Crippen molar-refractivity contribution in [1.82, 2.24) is 15.0 Å². The molecular formula is C30H27N5O3S. The van der Waals surface area contributed by atoms with Gasteiger partial charge in [-0.05, 0) is 68.3 Å². The fourth-order valence-electron chi connectivity index (χ4n) is 4.29. The highest BCUT2D eigenvalue weighted by Gasteiger charge is 2.18. The molecule has 0 unspecified atom stereocenters. The summed E-state index contributed by atoms with van der Waals surface area (Å²) in [5.41, 5.74) is 5.79. The molecule has 0 radical (unpaired) electrons. The minimum Gasteiger partial charge on any atom is -0.322 e. The van der Waals surface area contributed by atoms with Gasteiger partial charge in [0.1, 0.15) is 0 Å². The van der Waals surface area contributed by atoms with Crippen LogP contribution in [0.3, 0.4) is 0 Å². The number of carbonyl (C=O) groups is 1. The zero-order chi connectivity index (χ0) is 27.6. The van der Waals surface area contributed by atoms with Crippen LogP contribution in [0.25, 0.3) is 22.2 Å². The summed E-state index contributed by atoms with van der Waals surface area (Å²) in [4.78, 5) is 26.5. The van der Waals surface area contributed by atoms with Gasteiger partial charge >= 0.3 is 0 Å². The van der Waals surface area contributed by atoms with Crippen LogP contribution in [0.5, 0.6) is 0 Å². The Morgan fingerprint density at radius 1 is 0.821 bits per heavy atom. The number of benzene rings is 3. The van der Waals surface area contributed by atoms with Crippen LogP contribution in [-0.2, 0) is 16.4 Å². The quantitative estimate of drug-likeness (QED) is 0.266. The van der Waals surface area contributed by atoms with Crippen LogP contribution in [-0.4, -0.2) is 29.3 Å². The fraction of sp³-hybridized carbons (Fsp3) is 0.133. The number of para-hydroxylation sites is 1. The van der Waals surface area contributed by atoms with Crippen molar-refractivity contribution in [3.8, 4) is 11.3 Å². The van der Waals surface area contributed by atoms with E-state index in [2.05, 4.69) is 39.1 Å². The van der Waals surface area contributed by atoms with Crippen LogP contribution in [0.15, 0.2) is 89.8 Å². The second kappa shape index (κ2) is 10.6. The van der Waals surface area contributed by atoms with E-state index < -0.39 is 10.0 Å². The molecule has 0 aliphatic carbocycles. The van der Waals surface area contributed by atoms with Crippen molar-refractivity contribution in [2.45, 2.75) is 32.1 Å². The number of aromatic nitrogens is 3. The summed E-state index contributed by atoms with van der Waals surface area (Å²) in [6.45, 7) is 5.63. The largest absolute Gasteiger partial charge is 0.322 e.